The second kappa shape index (κ2) is 6.38. The number of hydrogen-bond donors (Lipinski definition) is 1. The summed E-state index contributed by atoms with van der Waals surface area (Å²) in [5, 5.41) is 3.58. The molecule has 0 spiro atoms. The van der Waals surface area contributed by atoms with Crippen molar-refractivity contribution in [2.45, 2.75) is 52.1 Å². The molecular formula is C16H25FN2. The van der Waals surface area contributed by atoms with Crippen LogP contribution in [-0.2, 0) is 0 Å². The lowest BCUT2D eigenvalue weighted by atomic mass is 9.97. The van der Waals surface area contributed by atoms with Gasteiger partial charge in [-0.3, -0.25) is 0 Å². The highest BCUT2D eigenvalue weighted by molar-refractivity contribution is 5.50. The lowest BCUT2D eigenvalue weighted by Crippen LogP contribution is -2.48. The van der Waals surface area contributed by atoms with Crippen molar-refractivity contribution in [3.8, 4) is 0 Å². The third kappa shape index (κ3) is 3.47. The van der Waals surface area contributed by atoms with E-state index in [-0.39, 0.29) is 5.82 Å². The second-order valence-corrected chi connectivity index (χ2v) is 5.67. The minimum Gasteiger partial charge on any atom is -0.366 e. The van der Waals surface area contributed by atoms with Crippen LogP contribution in [0.1, 0.15) is 38.7 Å². The van der Waals surface area contributed by atoms with Crippen molar-refractivity contribution in [1.29, 1.82) is 0 Å². The molecule has 19 heavy (non-hydrogen) atoms. The Kier molecular flexibility index (Phi) is 4.81. The Hall–Kier alpha value is -1.09. The van der Waals surface area contributed by atoms with Gasteiger partial charge in [0.2, 0.25) is 0 Å². The van der Waals surface area contributed by atoms with E-state index in [2.05, 4.69) is 24.1 Å². The van der Waals surface area contributed by atoms with E-state index in [0.29, 0.717) is 12.1 Å². The van der Waals surface area contributed by atoms with Crippen molar-refractivity contribution in [3.63, 3.8) is 0 Å². The molecule has 0 aromatic heterocycles. The number of hydrogen-bond acceptors (Lipinski definition) is 2. The third-order valence-electron chi connectivity index (χ3n) is 3.97. The lowest BCUT2D eigenvalue weighted by molar-refractivity contribution is 0.366. The first kappa shape index (κ1) is 14.3. The highest BCUT2D eigenvalue weighted by Crippen LogP contribution is 2.27. The van der Waals surface area contributed by atoms with Crippen LogP contribution in [0.5, 0.6) is 0 Å². The Morgan fingerprint density at radius 2 is 2.21 bits per heavy atom. The van der Waals surface area contributed by atoms with Crippen LogP contribution in [-0.4, -0.2) is 25.2 Å². The SMILES string of the molecule is CCCNC1CCN(c2ccc(C)cc2F)C(C)C1. The van der Waals surface area contributed by atoms with Crippen LogP contribution < -0.4 is 10.2 Å². The van der Waals surface area contributed by atoms with Gasteiger partial charge in [-0.15, -0.1) is 0 Å². The predicted octanol–water partition coefficient (Wildman–Crippen LogP) is 3.49. The number of rotatable bonds is 4. The van der Waals surface area contributed by atoms with Gasteiger partial charge in [0, 0.05) is 18.6 Å². The number of aryl methyl sites for hydroxylation is 1. The topological polar surface area (TPSA) is 15.3 Å². The number of benzene rings is 1. The van der Waals surface area contributed by atoms with Gasteiger partial charge in [0.15, 0.2) is 0 Å². The Balaban J connectivity index is 2.03. The number of piperidine rings is 1. The lowest BCUT2D eigenvalue weighted by Gasteiger charge is -2.39. The monoisotopic (exact) mass is 264 g/mol. The van der Waals surface area contributed by atoms with Gasteiger partial charge in [0.1, 0.15) is 5.82 Å². The maximum Gasteiger partial charge on any atom is 0.146 e. The summed E-state index contributed by atoms with van der Waals surface area (Å²) in [5.74, 6) is -0.0909. The minimum absolute atomic E-state index is 0.0909. The maximum absolute atomic E-state index is 14.1. The standard InChI is InChI=1S/C16H25FN2/c1-4-8-18-14-7-9-19(13(3)11-14)16-6-5-12(2)10-15(16)17/h5-6,10,13-14,18H,4,7-9,11H2,1-3H3. The molecule has 1 heterocycles. The van der Waals surface area contributed by atoms with E-state index in [4.69, 9.17) is 0 Å². The Morgan fingerprint density at radius 3 is 2.84 bits per heavy atom. The predicted molar refractivity (Wildman–Crippen MR) is 79.3 cm³/mol. The third-order valence-corrected chi connectivity index (χ3v) is 3.97. The number of nitrogens with one attached hydrogen (secondary N) is 1. The summed E-state index contributed by atoms with van der Waals surface area (Å²) in [6, 6.07) is 6.51. The largest absolute Gasteiger partial charge is 0.366 e. The van der Waals surface area contributed by atoms with Gasteiger partial charge < -0.3 is 10.2 Å². The average molecular weight is 264 g/mol. The molecular weight excluding hydrogens is 239 g/mol. The molecule has 1 aliphatic heterocycles. The molecule has 0 radical (unpaired) electrons. The molecule has 1 aliphatic rings. The quantitative estimate of drug-likeness (QED) is 0.895. The van der Waals surface area contributed by atoms with Gasteiger partial charge in [-0.25, -0.2) is 4.39 Å². The van der Waals surface area contributed by atoms with E-state index in [9.17, 15) is 4.39 Å². The molecule has 2 nitrogen and oxygen atoms in total. The van der Waals surface area contributed by atoms with E-state index in [1.54, 1.807) is 6.07 Å². The van der Waals surface area contributed by atoms with E-state index < -0.39 is 0 Å². The molecule has 1 fully saturated rings. The van der Waals surface area contributed by atoms with Crippen LogP contribution in [0.25, 0.3) is 0 Å². The van der Waals surface area contributed by atoms with Gasteiger partial charge in [0.05, 0.1) is 5.69 Å². The molecule has 2 rings (SSSR count). The van der Waals surface area contributed by atoms with Gasteiger partial charge in [0.25, 0.3) is 0 Å². The van der Waals surface area contributed by atoms with E-state index in [1.807, 2.05) is 19.1 Å². The van der Waals surface area contributed by atoms with E-state index in [0.717, 1.165) is 37.2 Å². The highest BCUT2D eigenvalue weighted by atomic mass is 19.1. The minimum atomic E-state index is -0.0909. The molecule has 106 valence electrons. The van der Waals surface area contributed by atoms with Crippen molar-refractivity contribution >= 4 is 5.69 Å². The summed E-state index contributed by atoms with van der Waals surface area (Å²) in [4.78, 5) is 2.21. The molecule has 0 bridgehead atoms. The van der Waals surface area contributed by atoms with Crippen molar-refractivity contribution in [3.05, 3.63) is 29.6 Å². The zero-order chi connectivity index (χ0) is 13.8. The fraction of sp³-hybridized carbons (Fsp3) is 0.625. The van der Waals surface area contributed by atoms with Gasteiger partial charge >= 0.3 is 0 Å². The summed E-state index contributed by atoms with van der Waals surface area (Å²) in [6.45, 7) is 8.32. The van der Waals surface area contributed by atoms with Crippen LogP contribution in [0.15, 0.2) is 18.2 Å². The van der Waals surface area contributed by atoms with Crippen LogP contribution >= 0.6 is 0 Å². The summed E-state index contributed by atoms with van der Waals surface area (Å²) < 4.78 is 14.1. The smallest absolute Gasteiger partial charge is 0.146 e. The first-order chi connectivity index (χ1) is 9.11. The number of halogens is 1. The molecule has 1 saturated heterocycles. The number of nitrogens with zero attached hydrogens (tertiary/aromatic N) is 1. The number of anilines is 1. The zero-order valence-corrected chi connectivity index (χ0v) is 12.2. The first-order valence-corrected chi connectivity index (χ1v) is 7.38. The summed E-state index contributed by atoms with van der Waals surface area (Å²) >= 11 is 0. The van der Waals surface area contributed by atoms with Gasteiger partial charge in [-0.2, -0.15) is 0 Å². The fourth-order valence-corrected chi connectivity index (χ4v) is 2.91. The van der Waals surface area contributed by atoms with E-state index in [1.165, 1.54) is 6.42 Å². The second-order valence-electron chi connectivity index (χ2n) is 5.67. The highest BCUT2D eigenvalue weighted by Gasteiger charge is 2.26. The molecule has 1 N–H and O–H groups in total. The van der Waals surface area contributed by atoms with Crippen molar-refractivity contribution in [1.82, 2.24) is 5.32 Å². The van der Waals surface area contributed by atoms with Crippen LogP contribution in [0, 0.1) is 12.7 Å². The molecule has 0 saturated carbocycles. The Labute approximate surface area is 116 Å². The molecule has 1 aromatic rings. The average Bonchev–Trinajstić information content (AvgIpc) is 2.37. The van der Waals surface area contributed by atoms with Gasteiger partial charge in [-0.05, 0) is 57.4 Å². The first-order valence-electron chi connectivity index (χ1n) is 7.38. The maximum atomic E-state index is 14.1. The normalized spacial score (nSPS) is 23.7. The van der Waals surface area contributed by atoms with Crippen LogP contribution in [0.3, 0.4) is 0 Å². The molecule has 0 aliphatic carbocycles. The Morgan fingerprint density at radius 1 is 1.42 bits per heavy atom. The van der Waals surface area contributed by atoms with E-state index >= 15 is 0 Å². The summed E-state index contributed by atoms with van der Waals surface area (Å²) in [7, 11) is 0. The van der Waals surface area contributed by atoms with Crippen molar-refractivity contribution in [2.24, 2.45) is 0 Å². The summed E-state index contributed by atoms with van der Waals surface area (Å²) in [6.07, 6.45) is 3.35. The zero-order valence-electron chi connectivity index (χ0n) is 12.2. The van der Waals surface area contributed by atoms with Crippen molar-refractivity contribution in [2.75, 3.05) is 18.0 Å². The molecule has 0 amide bonds. The van der Waals surface area contributed by atoms with Crippen molar-refractivity contribution < 1.29 is 4.39 Å². The molecule has 2 atom stereocenters. The molecule has 1 aromatic carbocycles. The summed E-state index contributed by atoms with van der Waals surface area (Å²) in [5.41, 5.74) is 1.74. The van der Waals surface area contributed by atoms with Crippen LogP contribution in [0.2, 0.25) is 0 Å². The molecule has 3 heteroatoms. The fourth-order valence-electron chi connectivity index (χ4n) is 2.91. The van der Waals surface area contributed by atoms with Gasteiger partial charge in [-0.1, -0.05) is 13.0 Å². The Bertz CT molecular complexity index is 419. The van der Waals surface area contributed by atoms with Crippen LogP contribution in [0.4, 0.5) is 10.1 Å². The molecule has 2 unspecified atom stereocenters.